The first-order valence-electron chi connectivity index (χ1n) is 7.78. The number of hydrogen-bond acceptors (Lipinski definition) is 2. The van der Waals surface area contributed by atoms with E-state index in [1.807, 2.05) is 0 Å². The number of aromatic nitrogens is 1. The normalized spacial score (nSPS) is 18.9. The van der Waals surface area contributed by atoms with E-state index in [2.05, 4.69) is 47.1 Å². The van der Waals surface area contributed by atoms with Crippen molar-refractivity contribution in [2.45, 2.75) is 45.4 Å². The minimum absolute atomic E-state index is 0.461. The Hall–Kier alpha value is -1.32. The Morgan fingerprint density at radius 1 is 1.35 bits per heavy atom. The van der Waals surface area contributed by atoms with Crippen LogP contribution in [0.2, 0.25) is 0 Å². The van der Waals surface area contributed by atoms with Gasteiger partial charge in [0.2, 0.25) is 0 Å². The number of benzene rings is 1. The summed E-state index contributed by atoms with van der Waals surface area (Å²) in [5.41, 5.74) is 2.73. The van der Waals surface area contributed by atoms with E-state index in [1.165, 1.54) is 29.4 Å². The summed E-state index contributed by atoms with van der Waals surface area (Å²) in [6.07, 6.45) is 4.03. The third-order valence-corrected chi connectivity index (χ3v) is 4.15. The lowest BCUT2D eigenvalue weighted by molar-refractivity contribution is 0.100. The second kappa shape index (κ2) is 6.42. The van der Waals surface area contributed by atoms with Gasteiger partial charge in [-0.05, 0) is 43.3 Å². The molecule has 1 unspecified atom stereocenters. The van der Waals surface area contributed by atoms with Crippen LogP contribution in [0.5, 0.6) is 0 Å². The van der Waals surface area contributed by atoms with Gasteiger partial charge in [-0.25, -0.2) is 0 Å². The van der Waals surface area contributed by atoms with Crippen molar-refractivity contribution in [1.82, 2.24) is 9.88 Å². The van der Waals surface area contributed by atoms with Crippen molar-refractivity contribution in [1.29, 1.82) is 0 Å². The SMILES string of the molecule is CCNCc1cc2ccccc2n1CCC1CCCO1. The van der Waals surface area contributed by atoms with E-state index in [9.17, 15) is 0 Å². The average Bonchev–Trinajstić information content (AvgIpc) is 3.10. The van der Waals surface area contributed by atoms with Crippen LogP contribution in [-0.4, -0.2) is 23.8 Å². The molecule has 0 bridgehead atoms. The second-order valence-corrected chi connectivity index (χ2v) is 5.55. The Labute approximate surface area is 120 Å². The molecule has 0 saturated carbocycles. The number of aryl methyl sites for hydroxylation is 1. The summed E-state index contributed by atoms with van der Waals surface area (Å²) in [6, 6.07) is 11.0. The summed E-state index contributed by atoms with van der Waals surface area (Å²) >= 11 is 0. The first-order valence-corrected chi connectivity index (χ1v) is 7.78. The molecule has 108 valence electrons. The Morgan fingerprint density at radius 2 is 2.25 bits per heavy atom. The van der Waals surface area contributed by atoms with Gasteiger partial charge in [0.1, 0.15) is 0 Å². The Balaban J connectivity index is 1.81. The third-order valence-electron chi connectivity index (χ3n) is 4.15. The van der Waals surface area contributed by atoms with E-state index in [1.54, 1.807) is 0 Å². The van der Waals surface area contributed by atoms with Crippen molar-refractivity contribution in [3.8, 4) is 0 Å². The van der Waals surface area contributed by atoms with E-state index in [0.29, 0.717) is 6.10 Å². The Kier molecular flexibility index (Phi) is 4.38. The topological polar surface area (TPSA) is 26.2 Å². The highest BCUT2D eigenvalue weighted by molar-refractivity contribution is 5.81. The van der Waals surface area contributed by atoms with Crippen molar-refractivity contribution in [3.63, 3.8) is 0 Å². The quantitative estimate of drug-likeness (QED) is 0.873. The summed E-state index contributed by atoms with van der Waals surface area (Å²) in [5.74, 6) is 0. The van der Waals surface area contributed by atoms with Crippen LogP contribution in [-0.2, 0) is 17.8 Å². The number of ether oxygens (including phenoxy) is 1. The number of para-hydroxylation sites is 1. The molecule has 1 aromatic heterocycles. The second-order valence-electron chi connectivity index (χ2n) is 5.55. The van der Waals surface area contributed by atoms with Gasteiger partial charge in [-0.2, -0.15) is 0 Å². The zero-order valence-corrected chi connectivity index (χ0v) is 12.3. The number of hydrogen-bond donors (Lipinski definition) is 1. The number of nitrogens with zero attached hydrogens (tertiary/aromatic N) is 1. The van der Waals surface area contributed by atoms with Gasteiger partial charge in [0.05, 0.1) is 6.10 Å². The molecule has 0 spiro atoms. The first kappa shape index (κ1) is 13.7. The van der Waals surface area contributed by atoms with E-state index in [-0.39, 0.29) is 0 Å². The minimum atomic E-state index is 0.461. The van der Waals surface area contributed by atoms with Gasteiger partial charge >= 0.3 is 0 Å². The number of rotatable bonds is 6. The fourth-order valence-electron chi connectivity index (χ4n) is 3.08. The van der Waals surface area contributed by atoms with Crippen LogP contribution >= 0.6 is 0 Å². The van der Waals surface area contributed by atoms with Gasteiger partial charge in [0.15, 0.2) is 0 Å². The Bertz CT molecular complexity index is 555. The van der Waals surface area contributed by atoms with Crippen molar-refractivity contribution < 1.29 is 4.74 Å². The van der Waals surface area contributed by atoms with Crippen LogP contribution in [0.1, 0.15) is 31.9 Å². The maximum absolute atomic E-state index is 5.76. The van der Waals surface area contributed by atoms with Crippen molar-refractivity contribution in [2.75, 3.05) is 13.2 Å². The molecule has 1 aliphatic heterocycles. The fourth-order valence-corrected chi connectivity index (χ4v) is 3.08. The number of fused-ring (bicyclic) bond motifs is 1. The molecule has 1 fully saturated rings. The molecule has 3 rings (SSSR count). The molecule has 1 aliphatic rings. The molecule has 3 heteroatoms. The molecule has 3 nitrogen and oxygen atoms in total. The Morgan fingerprint density at radius 3 is 3.05 bits per heavy atom. The summed E-state index contributed by atoms with van der Waals surface area (Å²) in [4.78, 5) is 0. The van der Waals surface area contributed by atoms with Crippen LogP contribution < -0.4 is 5.32 Å². The van der Waals surface area contributed by atoms with Crippen LogP contribution in [0, 0.1) is 0 Å². The van der Waals surface area contributed by atoms with E-state index >= 15 is 0 Å². The molecule has 20 heavy (non-hydrogen) atoms. The molecule has 1 atom stereocenters. The summed E-state index contributed by atoms with van der Waals surface area (Å²) in [5, 5.41) is 4.78. The molecular formula is C17H24N2O. The highest BCUT2D eigenvalue weighted by Gasteiger charge is 2.16. The number of nitrogens with one attached hydrogen (secondary N) is 1. The molecule has 1 N–H and O–H groups in total. The van der Waals surface area contributed by atoms with Crippen molar-refractivity contribution in [3.05, 3.63) is 36.0 Å². The smallest absolute Gasteiger partial charge is 0.0593 e. The molecular weight excluding hydrogens is 248 g/mol. The van der Waals surface area contributed by atoms with Crippen molar-refractivity contribution in [2.24, 2.45) is 0 Å². The van der Waals surface area contributed by atoms with Gasteiger partial charge in [0.25, 0.3) is 0 Å². The monoisotopic (exact) mass is 272 g/mol. The highest BCUT2D eigenvalue weighted by atomic mass is 16.5. The predicted molar refractivity (Wildman–Crippen MR) is 82.9 cm³/mol. The lowest BCUT2D eigenvalue weighted by Crippen LogP contribution is -2.17. The first-order chi connectivity index (χ1) is 9.88. The lowest BCUT2D eigenvalue weighted by atomic mass is 10.2. The predicted octanol–water partition coefficient (Wildman–Crippen LogP) is 3.32. The third kappa shape index (κ3) is 2.89. The molecule has 0 amide bonds. The molecule has 1 saturated heterocycles. The summed E-state index contributed by atoms with van der Waals surface area (Å²) in [7, 11) is 0. The lowest BCUT2D eigenvalue weighted by Gasteiger charge is -2.14. The van der Waals surface area contributed by atoms with E-state index in [4.69, 9.17) is 4.74 Å². The minimum Gasteiger partial charge on any atom is -0.378 e. The van der Waals surface area contributed by atoms with Crippen LogP contribution in [0.3, 0.4) is 0 Å². The largest absolute Gasteiger partial charge is 0.378 e. The zero-order valence-electron chi connectivity index (χ0n) is 12.3. The van der Waals surface area contributed by atoms with E-state index < -0.39 is 0 Å². The average molecular weight is 272 g/mol. The zero-order chi connectivity index (χ0) is 13.8. The van der Waals surface area contributed by atoms with E-state index in [0.717, 1.165) is 32.7 Å². The molecule has 0 aliphatic carbocycles. The summed E-state index contributed by atoms with van der Waals surface area (Å²) in [6.45, 7) is 6.10. The van der Waals surface area contributed by atoms with Crippen molar-refractivity contribution >= 4 is 10.9 Å². The maximum atomic E-state index is 5.76. The maximum Gasteiger partial charge on any atom is 0.0593 e. The van der Waals surface area contributed by atoms with Crippen LogP contribution in [0.15, 0.2) is 30.3 Å². The van der Waals surface area contributed by atoms with Gasteiger partial charge in [-0.15, -0.1) is 0 Å². The highest BCUT2D eigenvalue weighted by Crippen LogP contribution is 2.22. The van der Waals surface area contributed by atoms with Gasteiger partial charge in [-0.3, -0.25) is 0 Å². The van der Waals surface area contributed by atoms with Gasteiger partial charge in [0, 0.05) is 30.9 Å². The molecule has 1 aromatic carbocycles. The summed E-state index contributed by atoms with van der Waals surface area (Å²) < 4.78 is 8.21. The molecule has 0 radical (unpaired) electrons. The van der Waals surface area contributed by atoms with Crippen LogP contribution in [0.4, 0.5) is 0 Å². The fraction of sp³-hybridized carbons (Fsp3) is 0.529. The molecule has 2 heterocycles. The molecule has 2 aromatic rings. The van der Waals surface area contributed by atoms with Crippen LogP contribution in [0.25, 0.3) is 10.9 Å². The van der Waals surface area contributed by atoms with Gasteiger partial charge in [-0.1, -0.05) is 25.1 Å². The standard InChI is InChI=1S/C17H24N2O/c1-2-18-13-15-12-14-6-3-4-8-17(14)19(15)10-9-16-7-5-11-20-16/h3-4,6,8,12,16,18H,2,5,7,9-11,13H2,1H3. The van der Waals surface area contributed by atoms with Gasteiger partial charge < -0.3 is 14.6 Å².